The van der Waals surface area contributed by atoms with Gasteiger partial charge in [-0.15, -0.1) is 11.3 Å². The highest BCUT2D eigenvalue weighted by atomic mass is 32.1. The lowest BCUT2D eigenvalue weighted by molar-refractivity contribution is -0.140. The van der Waals surface area contributed by atoms with Crippen LogP contribution in [0.15, 0.2) is 24.3 Å². The summed E-state index contributed by atoms with van der Waals surface area (Å²) >= 11 is 1.28. The van der Waals surface area contributed by atoms with Crippen molar-refractivity contribution in [1.29, 1.82) is 0 Å². The Morgan fingerprint density at radius 2 is 2.16 bits per heavy atom. The average Bonchev–Trinajstić information content (AvgIpc) is 2.81. The quantitative estimate of drug-likeness (QED) is 0.875. The van der Waals surface area contributed by atoms with Crippen LogP contribution in [0.5, 0.6) is 0 Å². The highest BCUT2D eigenvalue weighted by molar-refractivity contribution is 7.20. The van der Waals surface area contributed by atoms with Crippen LogP contribution in [0.3, 0.4) is 0 Å². The molecule has 0 aliphatic heterocycles. The lowest BCUT2D eigenvalue weighted by atomic mass is 10.2. The number of hydrogen-bond donors (Lipinski definition) is 1. The predicted octanol–water partition coefficient (Wildman–Crippen LogP) is 2.33. The molecule has 1 heterocycles. The van der Waals surface area contributed by atoms with Crippen molar-refractivity contribution < 1.29 is 18.7 Å². The van der Waals surface area contributed by atoms with E-state index in [9.17, 15) is 14.0 Å². The molecule has 0 bridgehead atoms. The summed E-state index contributed by atoms with van der Waals surface area (Å²) in [4.78, 5) is 23.2. The van der Waals surface area contributed by atoms with E-state index in [-0.39, 0.29) is 30.7 Å². The van der Waals surface area contributed by atoms with Gasteiger partial charge in [-0.1, -0.05) is 0 Å². The summed E-state index contributed by atoms with van der Waals surface area (Å²) in [5.41, 5.74) is 0. The third kappa shape index (κ3) is 3.29. The second-order valence-corrected chi connectivity index (χ2v) is 4.96. The van der Waals surface area contributed by atoms with E-state index in [0.717, 1.165) is 4.70 Å². The molecule has 1 amide bonds. The summed E-state index contributed by atoms with van der Waals surface area (Å²) in [7, 11) is 1.30. The molecule has 1 aromatic carbocycles. The molecule has 4 nitrogen and oxygen atoms in total. The standard InChI is InChI=1S/C13H12FNO3S/c1-18-12(16)4-5-15-13(17)11-7-8-6-9(14)2-3-10(8)19-11/h2-3,6-7H,4-5H2,1H3,(H,15,17). The van der Waals surface area contributed by atoms with Crippen LogP contribution < -0.4 is 5.32 Å². The number of amides is 1. The van der Waals surface area contributed by atoms with Gasteiger partial charge in [0.05, 0.1) is 18.4 Å². The number of carbonyl (C=O) groups excluding carboxylic acids is 2. The summed E-state index contributed by atoms with van der Waals surface area (Å²) < 4.78 is 18.3. The Hall–Kier alpha value is -1.95. The van der Waals surface area contributed by atoms with Crippen molar-refractivity contribution in [3.8, 4) is 0 Å². The Morgan fingerprint density at radius 1 is 1.37 bits per heavy atom. The molecule has 1 aromatic heterocycles. The molecule has 0 fully saturated rings. The van der Waals surface area contributed by atoms with E-state index in [1.54, 1.807) is 12.1 Å². The van der Waals surface area contributed by atoms with Crippen LogP contribution in [0.2, 0.25) is 0 Å². The van der Waals surface area contributed by atoms with Gasteiger partial charge in [0.15, 0.2) is 0 Å². The molecule has 0 spiro atoms. The highest BCUT2D eigenvalue weighted by Crippen LogP contribution is 2.26. The number of fused-ring (bicyclic) bond motifs is 1. The Morgan fingerprint density at radius 3 is 2.89 bits per heavy atom. The highest BCUT2D eigenvalue weighted by Gasteiger charge is 2.11. The van der Waals surface area contributed by atoms with Gasteiger partial charge in [-0.2, -0.15) is 0 Å². The first-order chi connectivity index (χ1) is 9.10. The molecular weight excluding hydrogens is 269 g/mol. The smallest absolute Gasteiger partial charge is 0.307 e. The number of esters is 1. The predicted molar refractivity (Wildman–Crippen MR) is 70.7 cm³/mol. The normalized spacial score (nSPS) is 10.4. The Kier molecular flexibility index (Phi) is 4.11. The molecule has 0 aliphatic carbocycles. The van der Waals surface area contributed by atoms with Gasteiger partial charge in [0, 0.05) is 11.2 Å². The molecule has 0 aliphatic rings. The van der Waals surface area contributed by atoms with E-state index in [1.165, 1.54) is 30.6 Å². The van der Waals surface area contributed by atoms with Crippen LogP contribution in [-0.4, -0.2) is 25.5 Å². The van der Waals surface area contributed by atoms with Crippen molar-refractivity contribution in [2.75, 3.05) is 13.7 Å². The zero-order chi connectivity index (χ0) is 13.8. The van der Waals surface area contributed by atoms with Crippen molar-refractivity contribution >= 4 is 33.3 Å². The molecule has 1 N–H and O–H groups in total. The maximum absolute atomic E-state index is 13.0. The summed E-state index contributed by atoms with van der Waals surface area (Å²) in [6, 6.07) is 6.02. The minimum absolute atomic E-state index is 0.127. The molecule has 2 rings (SSSR count). The van der Waals surface area contributed by atoms with Crippen molar-refractivity contribution in [3.63, 3.8) is 0 Å². The number of halogens is 1. The van der Waals surface area contributed by atoms with Gasteiger partial charge in [0.1, 0.15) is 5.82 Å². The lowest BCUT2D eigenvalue weighted by Crippen LogP contribution is -2.25. The molecule has 100 valence electrons. The summed E-state index contributed by atoms with van der Waals surface area (Å²) in [5, 5.41) is 3.31. The number of nitrogens with one attached hydrogen (secondary N) is 1. The van der Waals surface area contributed by atoms with Crippen LogP contribution >= 0.6 is 11.3 Å². The van der Waals surface area contributed by atoms with Gasteiger partial charge < -0.3 is 10.1 Å². The monoisotopic (exact) mass is 281 g/mol. The Bertz CT molecular complexity index is 623. The van der Waals surface area contributed by atoms with Crippen molar-refractivity contribution in [1.82, 2.24) is 5.32 Å². The van der Waals surface area contributed by atoms with E-state index >= 15 is 0 Å². The molecule has 0 saturated heterocycles. The molecular formula is C13H12FNO3S. The van der Waals surface area contributed by atoms with E-state index in [4.69, 9.17) is 0 Å². The van der Waals surface area contributed by atoms with Crippen molar-refractivity contribution in [2.24, 2.45) is 0 Å². The Balaban J connectivity index is 2.03. The fourth-order valence-corrected chi connectivity index (χ4v) is 2.55. The van der Waals surface area contributed by atoms with Crippen LogP contribution in [0, 0.1) is 5.82 Å². The summed E-state index contributed by atoms with van der Waals surface area (Å²) in [5.74, 6) is -0.979. The second kappa shape index (κ2) is 5.79. The number of thiophene rings is 1. The maximum atomic E-state index is 13.0. The second-order valence-electron chi connectivity index (χ2n) is 3.87. The van der Waals surface area contributed by atoms with E-state index in [2.05, 4.69) is 10.1 Å². The average molecular weight is 281 g/mol. The fraction of sp³-hybridized carbons (Fsp3) is 0.231. The van der Waals surface area contributed by atoms with Crippen molar-refractivity contribution in [3.05, 3.63) is 35.0 Å². The van der Waals surface area contributed by atoms with E-state index in [0.29, 0.717) is 10.3 Å². The minimum atomic E-state index is -0.376. The zero-order valence-corrected chi connectivity index (χ0v) is 11.1. The van der Waals surface area contributed by atoms with E-state index in [1.807, 2.05) is 0 Å². The minimum Gasteiger partial charge on any atom is -0.469 e. The van der Waals surface area contributed by atoms with Crippen molar-refractivity contribution in [2.45, 2.75) is 6.42 Å². The lowest BCUT2D eigenvalue weighted by Gasteiger charge is -2.01. The molecule has 0 unspecified atom stereocenters. The zero-order valence-electron chi connectivity index (χ0n) is 10.2. The fourth-order valence-electron chi connectivity index (χ4n) is 1.59. The number of benzene rings is 1. The number of ether oxygens (including phenoxy) is 1. The van der Waals surface area contributed by atoms with Gasteiger partial charge in [-0.3, -0.25) is 9.59 Å². The van der Waals surface area contributed by atoms with E-state index < -0.39 is 0 Å². The number of carbonyl (C=O) groups is 2. The molecule has 19 heavy (non-hydrogen) atoms. The summed E-state index contributed by atoms with van der Waals surface area (Å²) in [6.45, 7) is 0.216. The van der Waals surface area contributed by atoms with Gasteiger partial charge in [0.25, 0.3) is 5.91 Å². The first-order valence-electron chi connectivity index (χ1n) is 5.64. The van der Waals surface area contributed by atoms with Gasteiger partial charge in [-0.25, -0.2) is 4.39 Å². The van der Waals surface area contributed by atoms with Crippen LogP contribution in [0.25, 0.3) is 10.1 Å². The molecule has 2 aromatic rings. The third-order valence-corrected chi connectivity index (χ3v) is 3.66. The van der Waals surface area contributed by atoms with Crippen LogP contribution in [-0.2, 0) is 9.53 Å². The number of hydrogen-bond acceptors (Lipinski definition) is 4. The topological polar surface area (TPSA) is 55.4 Å². The SMILES string of the molecule is COC(=O)CCNC(=O)c1cc2cc(F)ccc2s1. The van der Waals surface area contributed by atoms with Gasteiger partial charge >= 0.3 is 5.97 Å². The van der Waals surface area contributed by atoms with Gasteiger partial charge in [-0.05, 0) is 29.7 Å². The summed E-state index contributed by atoms with van der Waals surface area (Å²) in [6.07, 6.45) is 0.127. The third-order valence-electron chi connectivity index (χ3n) is 2.54. The van der Waals surface area contributed by atoms with Crippen LogP contribution in [0.4, 0.5) is 4.39 Å². The number of methoxy groups -OCH3 is 1. The molecule has 0 atom stereocenters. The van der Waals surface area contributed by atoms with Gasteiger partial charge in [0.2, 0.25) is 0 Å². The number of rotatable bonds is 4. The first-order valence-corrected chi connectivity index (χ1v) is 6.46. The maximum Gasteiger partial charge on any atom is 0.307 e. The first kappa shape index (κ1) is 13.5. The molecule has 6 heteroatoms. The molecule has 0 radical (unpaired) electrons. The Labute approximate surface area is 113 Å². The van der Waals surface area contributed by atoms with Crippen LogP contribution in [0.1, 0.15) is 16.1 Å². The largest absolute Gasteiger partial charge is 0.469 e. The molecule has 0 saturated carbocycles.